The van der Waals surface area contributed by atoms with Crippen molar-refractivity contribution < 1.29 is 14.7 Å². The number of aliphatic carboxylic acids is 1. The number of thiocarbonyl (C=S) groups is 1. The van der Waals surface area contributed by atoms with Crippen LogP contribution in [-0.4, -0.2) is 46.6 Å². The molecule has 0 saturated heterocycles. The molecule has 0 fully saturated rings. The van der Waals surface area contributed by atoms with Gasteiger partial charge in [-0.2, -0.15) is 0 Å². The first kappa shape index (κ1) is 19.9. The molecule has 1 rings (SSSR count). The van der Waals surface area contributed by atoms with Crippen molar-refractivity contribution in [1.29, 1.82) is 0 Å². The molecule has 7 heteroatoms. The van der Waals surface area contributed by atoms with E-state index in [-0.39, 0.29) is 18.2 Å². The predicted octanol–water partition coefficient (Wildman–Crippen LogP) is 1.61. The lowest BCUT2D eigenvalue weighted by Crippen LogP contribution is -2.46. The number of hydrogen-bond acceptors (Lipinski definition) is 3. The summed E-state index contributed by atoms with van der Waals surface area (Å²) in [5.74, 6) is -1.37. The SMILES string of the molecule is CC(C)[C@@H](C(=O)O)N(C)C(=O)CCNC(=S)NCc1ccccc1. The molecular weight excluding hydrogens is 326 g/mol. The van der Waals surface area contributed by atoms with Gasteiger partial charge < -0.3 is 20.6 Å². The van der Waals surface area contributed by atoms with E-state index >= 15 is 0 Å². The van der Waals surface area contributed by atoms with Crippen LogP contribution in [0.2, 0.25) is 0 Å². The summed E-state index contributed by atoms with van der Waals surface area (Å²) in [6.45, 7) is 4.52. The Hall–Kier alpha value is -2.15. The van der Waals surface area contributed by atoms with Crippen molar-refractivity contribution in [3.63, 3.8) is 0 Å². The summed E-state index contributed by atoms with van der Waals surface area (Å²) in [4.78, 5) is 24.6. The standard InChI is InChI=1S/C17H25N3O3S/c1-12(2)15(16(22)23)20(3)14(21)9-10-18-17(24)19-11-13-7-5-4-6-8-13/h4-8,12,15H,9-11H2,1-3H3,(H,22,23)(H2,18,19,24)/t15-/m0/s1. The van der Waals surface area contributed by atoms with E-state index in [4.69, 9.17) is 12.2 Å². The highest BCUT2D eigenvalue weighted by molar-refractivity contribution is 7.80. The number of nitrogens with one attached hydrogen (secondary N) is 2. The molecular formula is C17H25N3O3S. The van der Waals surface area contributed by atoms with Crippen molar-refractivity contribution in [1.82, 2.24) is 15.5 Å². The van der Waals surface area contributed by atoms with Crippen LogP contribution in [0.3, 0.4) is 0 Å². The maximum Gasteiger partial charge on any atom is 0.326 e. The summed E-state index contributed by atoms with van der Waals surface area (Å²) in [6.07, 6.45) is 0.181. The molecule has 0 bridgehead atoms. The van der Waals surface area contributed by atoms with E-state index in [0.717, 1.165) is 5.56 Å². The van der Waals surface area contributed by atoms with E-state index in [0.29, 0.717) is 18.2 Å². The summed E-state index contributed by atoms with van der Waals surface area (Å²) in [5.41, 5.74) is 1.11. The molecule has 24 heavy (non-hydrogen) atoms. The highest BCUT2D eigenvalue weighted by atomic mass is 32.1. The van der Waals surface area contributed by atoms with Crippen molar-refractivity contribution in [3.8, 4) is 0 Å². The Labute approximate surface area is 148 Å². The molecule has 0 saturated carbocycles. The number of nitrogens with zero attached hydrogens (tertiary/aromatic N) is 1. The smallest absolute Gasteiger partial charge is 0.326 e. The molecule has 132 valence electrons. The molecule has 0 spiro atoms. The fourth-order valence-corrected chi connectivity index (χ4v) is 2.53. The van der Waals surface area contributed by atoms with Gasteiger partial charge in [-0.05, 0) is 23.7 Å². The van der Waals surface area contributed by atoms with Crippen LogP contribution >= 0.6 is 12.2 Å². The molecule has 6 nitrogen and oxygen atoms in total. The van der Waals surface area contributed by atoms with Gasteiger partial charge in [0.15, 0.2) is 5.11 Å². The first-order valence-electron chi connectivity index (χ1n) is 7.87. The zero-order valence-electron chi connectivity index (χ0n) is 14.3. The highest BCUT2D eigenvalue weighted by Crippen LogP contribution is 2.10. The van der Waals surface area contributed by atoms with Crippen molar-refractivity contribution >= 4 is 29.2 Å². The number of carbonyl (C=O) groups excluding carboxylic acids is 1. The predicted molar refractivity (Wildman–Crippen MR) is 97.5 cm³/mol. The second-order valence-corrected chi connectivity index (χ2v) is 6.29. The zero-order chi connectivity index (χ0) is 18.1. The Morgan fingerprint density at radius 3 is 2.38 bits per heavy atom. The molecule has 0 heterocycles. The van der Waals surface area contributed by atoms with Gasteiger partial charge in [-0.3, -0.25) is 4.79 Å². The quantitative estimate of drug-likeness (QED) is 0.618. The number of hydrogen-bond donors (Lipinski definition) is 3. The first-order chi connectivity index (χ1) is 11.3. The number of carboxylic acid groups (broad SMARTS) is 1. The van der Waals surface area contributed by atoms with Crippen molar-refractivity contribution in [2.45, 2.75) is 32.9 Å². The number of carbonyl (C=O) groups is 2. The van der Waals surface area contributed by atoms with Crippen LogP contribution < -0.4 is 10.6 Å². The van der Waals surface area contributed by atoms with Gasteiger partial charge in [0, 0.05) is 26.6 Å². The van der Waals surface area contributed by atoms with Gasteiger partial charge in [0.05, 0.1) is 0 Å². The lowest BCUT2D eigenvalue weighted by Gasteiger charge is -2.27. The number of likely N-dealkylation sites (N-methyl/N-ethyl adjacent to an activating group) is 1. The van der Waals surface area contributed by atoms with Crippen LogP contribution in [0.4, 0.5) is 0 Å². The average Bonchev–Trinajstić information content (AvgIpc) is 2.53. The largest absolute Gasteiger partial charge is 0.480 e. The molecule has 1 aromatic carbocycles. The summed E-state index contributed by atoms with van der Waals surface area (Å²) >= 11 is 5.16. The van der Waals surface area contributed by atoms with Gasteiger partial charge >= 0.3 is 5.97 Å². The van der Waals surface area contributed by atoms with Crippen molar-refractivity contribution in [2.24, 2.45) is 5.92 Å². The van der Waals surface area contributed by atoms with Gasteiger partial charge in [0.25, 0.3) is 0 Å². The molecule has 1 aromatic rings. The fraction of sp³-hybridized carbons (Fsp3) is 0.471. The fourth-order valence-electron chi connectivity index (χ4n) is 2.35. The van der Waals surface area contributed by atoms with E-state index in [1.54, 1.807) is 13.8 Å². The van der Waals surface area contributed by atoms with Crippen LogP contribution in [0.5, 0.6) is 0 Å². The summed E-state index contributed by atoms with van der Waals surface area (Å²) in [5, 5.41) is 15.7. The van der Waals surface area contributed by atoms with E-state index in [2.05, 4.69) is 10.6 Å². The van der Waals surface area contributed by atoms with Gasteiger partial charge in [0.2, 0.25) is 5.91 Å². The van der Waals surface area contributed by atoms with E-state index in [9.17, 15) is 14.7 Å². The third-order valence-electron chi connectivity index (χ3n) is 3.62. The summed E-state index contributed by atoms with van der Waals surface area (Å²) in [6, 6.07) is 9.02. The minimum Gasteiger partial charge on any atom is -0.480 e. The van der Waals surface area contributed by atoms with Crippen LogP contribution in [0.1, 0.15) is 25.8 Å². The second kappa shape index (κ2) is 9.87. The maximum absolute atomic E-state index is 12.1. The van der Waals surface area contributed by atoms with Gasteiger partial charge in [-0.15, -0.1) is 0 Å². The summed E-state index contributed by atoms with van der Waals surface area (Å²) in [7, 11) is 1.52. The molecule has 0 aliphatic rings. The van der Waals surface area contributed by atoms with E-state index in [1.807, 2.05) is 30.3 Å². The molecule has 3 N–H and O–H groups in total. The Kier molecular flexibility index (Phi) is 8.18. The number of amides is 1. The van der Waals surface area contributed by atoms with Crippen LogP contribution in [0, 0.1) is 5.92 Å². The lowest BCUT2D eigenvalue weighted by atomic mass is 10.0. The topological polar surface area (TPSA) is 81.7 Å². The van der Waals surface area contributed by atoms with Crippen LogP contribution in [0.15, 0.2) is 30.3 Å². The maximum atomic E-state index is 12.1. The summed E-state index contributed by atoms with van der Waals surface area (Å²) < 4.78 is 0. The molecule has 0 aromatic heterocycles. The Balaban J connectivity index is 2.34. The minimum absolute atomic E-state index is 0.155. The van der Waals surface area contributed by atoms with Crippen molar-refractivity contribution in [2.75, 3.05) is 13.6 Å². The van der Waals surface area contributed by atoms with E-state index in [1.165, 1.54) is 11.9 Å². The van der Waals surface area contributed by atoms with Crippen LogP contribution in [0.25, 0.3) is 0 Å². The molecule has 0 unspecified atom stereocenters. The number of carboxylic acids is 1. The molecule has 0 aliphatic carbocycles. The molecule has 1 amide bonds. The van der Waals surface area contributed by atoms with Gasteiger partial charge in [-0.25, -0.2) is 4.79 Å². The molecule has 0 aliphatic heterocycles. The van der Waals surface area contributed by atoms with Gasteiger partial charge in [-0.1, -0.05) is 44.2 Å². The third kappa shape index (κ3) is 6.54. The minimum atomic E-state index is -0.992. The highest BCUT2D eigenvalue weighted by Gasteiger charge is 2.28. The molecule has 1 atom stereocenters. The van der Waals surface area contributed by atoms with Crippen LogP contribution in [-0.2, 0) is 16.1 Å². The normalized spacial score (nSPS) is 11.7. The zero-order valence-corrected chi connectivity index (χ0v) is 15.1. The Morgan fingerprint density at radius 2 is 1.83 bits per heavy atom. The monoisotopic (exact) mass is 351 g/mol. The number of rotatable bonds is 8. The Morgan fingerprint density at radius 1 is 1.21 bits per heavy atom. The lowest BCUT2D eigenvalue weighted by molar-refractivity contribution is -0.150. The third-order valence-corrected chi connectivity index (χ3v) is 3.90. The second-order valence-electron chi connectivity index (χ2n) is 5.88. The average molecular weight is 351 g/mol. The molecule has 0 radical (unpaired) electrons. The first-order valence-corrected chi connectivity index (χ1v) is 8.27. The van der Waals surface area contributed by atoms with Gasteiger partial charge in [0.1, 0.15) is 6.04 Å². The number of benzene rings is 1. The van der Waals surface area contributed by atoms with Crippen molar-refractivity contribution in [3.05, 3.63) is 35.9 Å². The van der Waals surface area contributed by atoms with E-state index < -0.39 is 12.0 Å². The Bertz CT molecular complexity index is 563.